The number of fused-ring (bicyclic) bond motifs is 1. The van der Waals surface area contributed by atoms with Gasteiger partial charge in [-0.1, -0.05) is 32.8 Å². The Balaban J connectivity index is 2.32. The van der Waals surface area contributed by atoms with Crippen LogP contribution in [0.4, 0.5) is 0 Å². The smallest absolute Gasteiger partial charge is 0.158 e. The van der Waals surface area contributed by atoms with Gasteiger partial charge in [0.05, 0.1) is 12.2 Å². The lowest BCUT2D eigenvalue weighted by molar-refractivity contribution is -0.122. The van der Waals surface area contributed by atoms with Crippen LogP contribution >= 0.6 is 0 Å². The first-order valence-corrected chi connectivity index (χ1v) is 9.20. The van der Waals surface area contributed by atoms with Gasteiger partial charge in [-0.15, -0.1) is 0 Å². The van der Waals surface area contributed by atoms with Crippen LogP contribution in [0.3, 0.4) is 0 Å². The average Bonchev–Trinajstić information content (AvgIpc) is 2.48. The number of hydrogen-bond acceptors (Lipinski definition) is 4. The van der Waals surface area contributed by atoms with E-state index < -0.39 is 18.3 Å². The molecule has 1 fully saturated rings. The number of hydrogen-bond donors (Lipinski definition) is 3. The summed E-state index contributed by atoms with van der Waals surface area (Å²) in [5, 5.41) is 29.4. The number of carbonyl (C=O) groups excluding carboxylic acids is 1. The van der Waals surface area contributed by atoms with E-state index in [0.717, 1.165) is 30.4 Å². The van der Waals surface area contributed by atoms with E-state index in [1.165, 1.54) is 0 Å². The van der Waals surface area contributed by atoms with E-state index in [9.17, 15) is 15.0 Å². The van der Waals surface area contributed by atoms with Gasteiger partial charge in [-0.25, -0.2) is 0 Å². The van der Waals surface area contributed by atoms with Crippen LogP contribution in [0.15, 0.2) is 11.1 Å². The largest absolute Gasteiger partial charge is 0.394 e. The van der Waals surface area contributed by atoms with Crippen molar-refractivity contribution in [2.24, 2.45) is 16.7 Å². The zero-order valence-corrected chi connectivity index (χ0v) is 15.9. The Bertz CT molecular complexity index is 532. The predicted molar refractivity (Wildman–Crippen MR) is 94.5 cm³/mol. The quantitative estimate of drug-likeness (QED) is 0.720. The third-order valence-corrected chi connectivity index (χ3v) is 6.95. The van der Waals surface area contributed by atoms with E-state index in [0.29, 0.717) is 25.2 Å². The number of aliphatic hydroxyl groups is 3. The fraction of sp³-hybridized carbons (Fsp3) is 0.850. The standard InChI is InChI=1S/C20H34O4/c1-13-14(7-10-20(5,24)17(23)12-21)19(4)9-6-8-18(2,3)16(19)11-15(13)22/h16-17,21,23-24H,6-12H2,1-5H3/t16-,17-,19+,20+/m1/s1. The minimum Gasteiger partial charge on any atom is -0.394 e. The second-order valence-corrected chi connectivity index (χ2v) is 9.10. The lowest BCUT2D eigenvalue weighted by Gasteiger charge is -2.55. The zero-order chi connectivity index (χ0) is 18.3. The van der Waals surface area contributed by atoms with E-state index in [-0.39, 0.29) is 16.6 Å². The third kappa shape index (κ3) is 3.33. The summed E-state index contributed by atoms with van der Waals surface area (Å²) in [5.74, 6) is 0.558. The number of rotatable bonds is 5. The van der Waals surface area contributed by atoms with Gasteiger partial charge in [0.1, 0.15) is 6.10 Å². The van der Waals surface area contributed by atoms with Gasteiger partial charge in [0.15, 0.2) is 5.78 Å². The molecule has 0 saturated heterocycles. The van der Waals surface area contributed by atoms with Crippen molar-refractivity contribution in [2.45, 2.75) is 84.8 Å². The molecule has 2 rings (SSSR count). The highest BCUT2D eigenvalue weighted by Gasteiger charge is 2.52. The number of aliphatic hydroxyl groups excluding tert-OH is 2. The molecule has 138 valence electrons. The van der Waals surface area contributed by atoms with Crippen LogP contribution in [0.1, 0.15) is 73.1 Å². The van der Waals surface area contributed by atoms with Gasteiger partial charge in [-0.2, -0.15) is 0 Å². The fourth-order valence-electron chi connectivity index (χ4n) is 5.13. The molecule has 4 atom stereocenters. The Morgan fingerprint density at radius 2 is 1.92 bits per heavy atom. The van der Waals surface area contributed by atoms with Gasteiger partial charge < -0.3 is 15.3 Å². The first-order valence-electron chi connectivity index (χ1n) is 9.20. The molecule has 0 aromatic heterocycles. The first-order chi connectivity index (χ1) is 11.0. The highest BCUT2D eigenvalue weighted by Crippen LogP contribution is 2.59. The molecule has 0 heterocycles. The molecule has 4 nitrogen and oxygen atoms in total. The maximum Gasteiger partial charge on any atom is 0.158 e. The maximum atomic E-state index is 12.6. The Hall–Kier alpha value is -0.710. The molecule has 4 heteroatoms. The molecule has 0 spiro atoms. The summed E-state index contributed by atoms with van der Waals surface area (Å²) < 4.78 is 0. The van der Waals surface area contributed by atoms with Crippen molar-refractivity contribution in [1.29, 1.82) is 0 Å². The molecular weight excluding hydrogens is 304 g/mol. The molecule has 0 aromatic carbocycles. The molecule has 0 radical (unpaired) electrons. The van der Waals surface area contributed by atoms with Gasteiger partial charge in [-0.05, 0) is 61.9 Å². The minimum atomic E-state index is -1.35. The second kappa shape index (κ2) is 6.54. The predicted octanol–water partition coefficient (Wildman–Crippen LogP) is 2.99. The van der Waals surface area contributed by atoms with Crippen LogP contribution in [-0.4, -0.2) is 39.4 Å². The van der Waals surface area contributed by atoms with E-state index in [4.69, 9.17) is 5.11 Å². The molecule has 24 heavy (non-hydrogen) atoms. The molecular formula is C20H34O4. The Morgan fingerprint density at radius 1 is 1.29 bits per heavy atom. The monoisotopic (exact) mass is 338 g/mol. The lowest BCUT2D eigenvalue weighted by Crippen LogP contribution is -2.48. The number of Topliss-reactive ketones (excluding diaryl/α,β-unsaturated/α-hetero) is 1. The minimum absolute atomic E-state index is 0.0139. The van der Waals surface area contributed by atoms with Gasteiger partial charge in [0.2, 0.25) is 0 Å². The highest BCUT2D eigenvalue weighted by atomic mass is 16.4. The zero-order valence-electron chi connectivity index (χ0n) is 15.9. The van der Waals surface area contributed by atoms with Gasteiger partial charge >= 0.3 is 0 Å². The molecule has 3 N–H and O–H groups in total. The molecule has 0 amide bonds. The summed E-state index contributed by atoms with van der Waals surface area (Å²) in [6.45, 7) is 9.83. The number of ketones is 1. The molecule has 0 unspecified atom stereocenters. The molecule has 2 aliphatic carbocycles. The SMILES string of the molecule is CC1=C(CC[C@](C)(O)[C@H](O)CO)[C@]2(C)CCCC(C)(C)[C@H]2CC1=O. The average molecular weight is 338 g/mol. The van der Waals surface area contributed by atoms with Crippen LogP contribution in [-0.2, 0) is 4.79 Å². The van der Waals surface area contributed by atoms with Crippen molar-refractivity contribution in [2.75, 3.05) is 6.61 Å². The lowest BCUT2D eigenvalue weighted by atomic mass is 9.49. The van der Waals surface area contributed by atoms with Crippen LogP contribution in [0.25, 0.3) is 0 Å². The van der Waals surface area contributed by atoms with Crippen molar-refractivity contribution in [3.05, 3.63) is 11.1 Å². The molecule has 0 aromatic rings. The van der Waals surface area contributed by atoms with Crippen molar-refractivity contribution in [3.63, 3.8) is 0 Å². The topological polar surface area (TPSA) is 77.8 Å². The fourth-order valence-corrected chi connectivity index (χ4v) is 5.13. The summed E-state index contributed by atoms with van der Waals surface area (Å²) in [5.41, 5.74) is 0.781. The van der Waals surface area contributed by atoms with Crippen LogP contribution in [0.5, 0.6) is 0 Å². The summed E-state index contributed by atoms with van der Waals surface area (Å²) in [6, 6.07) is 0. The Kier molecular flexibility index (Phi) is 5.35. The summed E-state index contributed by atoms with van der Waals surface area (Å²) in [6.07, 6.45) is 3.76. The molecule has 0 bridgehead atoms. The Labute approximate surface area is 146 Å². The summed E-state index contributed by atoms with van der Waals surface area (Å²) >= 11 is 0. The normalized spacial score (nSPS) is 33.8. The van der Waals surface area contributed by atoms with Crippen molar-refractivity contribution >= 4 is 5.78 Å². The van der Waals surface area contributed by atoms with E-state index in [2.05, 4.69) is 20.8 Å². The van der Waals surface area contributed by atoms with Crippen molar-refractivity contribution in [1.82, 2.24) is 0 Å². The number of carbonyl (C=O) groups is 1. The molecule has 0 aliphatic heterocycles. The third-order valence-electron chi connectivity index (χ3n) is 6.95. The van der Waals surface area contributed by atoms with Gasteiger partial charge in [-0.3, -0.25) is 4.79 Å². The summed E-state index contributed by atoms with van der Waals surface area (Å²) in [7, 11) is 0. The maximum absolute atomic E-state index is 12.6. The van der Waals surface area contributed by atoms with Crippen LogP contribution < -0.4 is 0 Å². The van der Waals surface area contributed by atoms with E-state index >= 15 is 0 Å². The number of allylic oxidation sites excluding steroid dienone is 2. The van der Waals surface area contributed by atoms with E-state index in [1.807, 2.05) is 6.92 Å². The molecule has 1 saturated carbocycles. The van der Waals surface area contributed by atoms with Crippen molar-refractivity contribution in [3.8, 4) is 0 Å². The highest BCUT2D eigenvalue weighted by molar-refractivity contribution is 5.97. The van der Waals surface area contributed by atoms with Gasteiger partial charge in [0.25, 0.3) is 0 Å². The van der Waals surface area contributed by atoms with Gasteiger partial charge in [0, 0.05) is 6.42 Å². The van der Waals surface area contributed by atoms with Crippen molar-refractivity contribution < 1.29 is 20.1 Å². The summed E-state index contributed by atoms with van der Waals surface area (Å²) in [4.78, 5) is 12.6. The Morgan fingerprint density at radius 3 is 2.50 bits per heavy atom. The molecule has 2 aliphatic rings. The van der Waals surface area contributed by atoms with Crippen LogP contribution in [0.2, 0.25) is 0 Å². The van der Waals surface area contributed by atoms with Crippen LogP contribution in [0, 0.1) is 16.7 Å². The second-order valence-electron chi connectivity index (χ2n) is 9.10. The first kappa shape index (κ1) is 19.6. The van der Waals surface area contributed by atoms with E-state index in [1.54, 1.807) is 6.92 Å².